The molecule has 0 fully saturated rings. The van der Waals surface area contributed by atoms with E-state index in [1.807, 2.05) is 0 Å². The van der Waals surface area contributed by atoms with Crippen molar-refractivity contribution in [1.29, 1.82) is 0 Å². The fraction of sp³-hybridized carbons (Fsp3) is 0.805. The summed E-state index contributed by atoms with van der Waals surface area (Å²) in [7, 11) is -1.12. The van der Waals surface area contributed by atoms with Gasteiger partial charge < -0.3 is 14.4 Å². The van der Waals surface area contributed by atoms with Gasteiger partial charge in [0.1, 0.15) is 19.8 Å². The minimum atomic E-state index is -4.64. The molecule has 2 aromatic rings. The number of fused-ring (bicyclic) bond motifs is 1. The summed E-state index contributed by atoms with van der Waals surface area (Å²) in [4.78, 5) is 46.6. The van der Waals surface area contributed by atoms with E-state index in [1.165, 1.54) is 102 Å². The SMILES string of the molecule is CCCCCCCCCCCCCCCC(=O)OCC(COP(=O)(O)OCC[N+](C)(C)c1ccc([N+](=O)[O-])c2nonc12)OC(=O)CCCCCCCCCCC. The number of hydrogen-bond acceptors (Lipinski definition) is 12. The number of carbonyl (C=O) groups is 2. The lowest BCUT2D eigenvalue weighted by atomic mass is 10.0. The number of hydrogen-bond donors (Lipinski definition) is 1. The monoisotopic (exact) mass is 827 g/mol. The highest BCUT2D eigenvalue weighted by Crippen LogP contribution is 2.43. The molecular formula is C41H72N4O11P+. The third-order valence-electron chi connectivity index (χ3n) is 10.2. The molecule has 0 amide bonds. The number of benzene rings is 1. The second-order valence-electron chi connectivity index (χ2n) is 15.7. The Balaban J connectivity index is 1.81. The summed E-state index contributed by atoms with van der Waals surface area (Å²) in [5.74, 6) is -0.923. The Morgan fingerprint density at radius 1 is 0.737 bits per heavy atom. The van der Waals surface area contributed by atoms with Crippen LogP contribution in [0.2, 0.25) is 0 Å². The number of esters is 2. The van der Waals surface area contributed by atoms with Crippen molar-refractivity contribution in [3.8, 4) is 0 Å². The Morgan fingerprint density at radius 3 is 1.72 bits per heavy atom. The summed E-state index contributed by atoms with van der Waals surface area (Å²) in [5, 5.41) is 18.9. The van der Waals surface area contributed by atoms with Gasteiger partial charge in [-0.05, 0) is 23.2 Å². The summed E-state index contributed by atoms with van der Waals surface area (Å²) in [6.45, 7) is 3.49. The van der Waals surface area contributed by atoms with Gasteiger partial charge in [-0.3, -0.25) is 33.2 Å². The topological polar surface area (TPSA) is 190 Å². The van der Waals surface area contributed by atoms with Gasteiger partial charge >= 0.3 is 25.4 Å². The smallest absolute Gasteiger partial charge is 0.462 e. The van der Waals surface area contributed by atoms with E-state index in [4.69, 9.17) is 23.2 Å². The van der Waals surface area contributed by atoms with Crippen LogP contribution in [0.15, 0.2) is 16.8 Å². The zero-order chi connectivity index (χ0) is 41.8. The van der Waals surface area contributed by atoms with E-state index in [-0.39, 0.29) is 53.8 Å². The fourth-order valence-corrected chi connectivity index (χ4v) is 7.42. The van der Waals surface area contributed by atoms with Gasteiger partial charge in [-0.2, -0.15) is 0 Å². The number of nitro benzene ring substituents is 1. The van der Waals surface area contributed by atoms with Gasteiger partial charge in [-0.15, -0.1) is 0 Å². The molecule has 57 heavy (non-hydrogen) atoms. The number of rotatable bonds is 36. The second-order valence-corrected chi connectivity index (χ2v) is 17.1. The number of phosphoric acid groups is 1. The number of aromatic nitrogens is 2. The molecule has 326 valence electrons. The van der Waals surface area contributed by atoms with E-state index in [1.54, 1.807) is 14.1 Å². The van der Waals surface area contributed by atoms with Gasteiger partial charge in [0.25, 0.3) is 0 Å². The first-order valence-corrected chi connectivity index (χ1v) is 23.1. The van der Waals surface area contributed by atoms with E-state index >= 15 is 0 Å². The molecule has 0 radical (unpaired) electrons. The van der Waals surface area contributed by atoms with Gasteiger partial charge in [0.05, 0.1) is 25.6 Å². The first-order valence-electron chi connectivity index (χ1n) is 21.6. The number of nitrogens with zero attached hydrogens (tertiary/aromatic N) is 4. The summed E-state index contributed by atoms with van der Waals surface area (Å²) in [5.41, 5.74) is 0.444. The summed E-state index contributed by atoms with van der Waals surface area (Å²) in [6, 6.07) is 2.82. The van der Waals surface area contributed by atoms with E-state index in [9.17, 15) is 29.2 Å². The highest BCUT2D eigenvalue weighted by molar-refractivity contribution is 7.47. The third-order valence-corrected chi connectivity index (χ3v) is 11.2. The average Bonchev–Trinajstić information content (AvgIpc) is 3.66. The predicted octanol–water partition coefficient (Wildman–Crippen LogP) is 10.7. The Hall–Kier alpha value is -2.97. The molecule has 0 saturated carbocycles. The molecule has 2 unspecified atom stereocenters. The fourth-order valence-electron chi connectivity index (χ4n) is 6.68. The molecule has 15 nitrogen and oxygen atoms in total. The molecule has 0 aliphatic carbocycles. The van der Waals surface area contributed by atoms with Crippen LogP contribution in [0.5, 0.6) is 0 Å². The molecule has 1 heterocycles. The largest absolute Gasteiger partial charge is 0.472 e. The van der Waals surface area contributed by atoms with E-state index in [0.29, 0.717) is 18.5 Å². The second kappa shape index (κ2) is 29.3. The van der Waals surface area contributed by atoms with Crippen LogP contribution in [-0.2, 0) is 32.7 Å². The number of phosphoric ester groups is 1. The molecule has 0 aliphatic rings. The zero-order valence-electron chi connectivity index (χ0n) is 35.3. The van der Waals surface area contributed by atoms with Crippen molar-refractivity contribution in [2.45, 2.75) is 174 Å². The lowest BCUT2D eigenvalue weighted by Crippen LogP contribution is -2.43. The number of nitro groups is 1. The normalized spacial score (nSPS) is 13.4. The first-order chi connectivity index (χ1) is 27.4. The van der Waals surface area contributed by atoms with Crippen LogP contribution in [0.1, 0.15) is 168 Å². The van der Waals surface area contributed by atoms with Crippen molar-refractivity contribution in [3.63, 3.8) is 0 Å². The van der Waals surface area contributed by atoms with Gasteiger partial charge in [-0.1, -0.05) is 142 Å². The number of non-ortho nitro benzene ring substituents is 1. The highest BCUT2D eigenvalue weighted by atomic mass is 31.2. The molecule has 0 spiro atoms. The van der Waals surface area contributed by atoms with Crippen molar-refractivity contribution >= 4 is 42.2 Å². The molecule has 0 aliphatic heterocycles. The van der Waals surface area contributed by atoms with E-state index in [0.717, 1.165) is 38.5 Å². The molecule has 1 aromatic carbocycles. The van der Waals surface area contributed by atoms with Crippen LogP contribution in [0.3, 0.4) is 0 Å². The van der Waals surface area contributed by atoms with Crippen LogP contribution < -0.4 is 4.48 Å². The maximum atomic E-state index is 12.9. The van der Waals surface area contributed by atoms with Crippen LogP contribution >= 0.6 is 7.82 Å². The Morgan fingerprint density at radius 2 is 1.21 bits per heavy atom. The third kappa shape index (κ3) is 22.1. The number of quaternary nitrogens is 1. The minimum Gasteiger partial charge on any atom is -0.462 e. The number of carbonyl (C=O) groups excluding carboxylic acids is 2. The minimum absolute atomic E-state index is 0.00998. The maximum Gasteiger partial charge on any atom is 0.472 e. The average molecular weight is 828 g/mol. The Bertz CT molecular complexity index is 1470. The standard InChI is InChI=1S/C41H71N4O11P/c1-5-7-9-11-13-15-16-17-18-20-21-23-25-27-38(46)52-33-35(55-39(47)28-26-24-22-19-14-12-10-8-6-2)34-54-57(50,51)53-32-31-45(3,4)37-30-29-36(44(48)49)40-41(37)43-56-42-40/h29-30,35H,5-28,31-34H2,1-4H3/p+1. The Kier molecular flexibility index (Phi) is 25.8. The van der Waals surface area contributed by atoms with Crippen LogP contribution in [0.4, 0.5) is 11.4 Å². The lowest BCUT2D eigenvalue weighted by Gasteiger charge is -2.29. The zero-order valence-corrected chi connectivity index (χ0v) is 36.2. The first kappa shape index (κ1) is 50.2. The number of likely N-dealkylation sites (N-methyl/N-ethyl adjacent to an activating group) is 1. The number of unbranched alkanes of at least 4 members (excludes halogenated alkanes) is 20. The highest BCUT2D eigenvalue weighted by Gasteiger charge is 2.31. The van der Waals surface area contributed by atoms with E-state index < -0.39 is 37.4 Å². The van der Waals surface area contributed by atoms with Crippen molar-refractivity contribution in [2.75, 3.05) is 40.5 Å². The maximum absolute atomic E-state index is 12.9. The Labute approximate surface area is 340 Å². The molecule has 2 atom stereocenters. The molecule has 0 bridgehead atoms. The van der Waals surface area contributed by atoms with Crippen molar-refractivity contribution in [3.05, 3.63) is 22.2 Å². The lowest BCUT2D eigenvalue weighted by molar-refractivity contribution is -0.383. The van der Waals surface area contributed by atoms with Crippen LogP contribution in [0, 0.1) is 10.1 Å². The van der Waals surface area contributed by atoms with Crippen LogP contribution in [0.25, 0.3) is 11.0 Å². The van der Waals surface area contributed by atoms with E-state index in [2.05, 4.69) is 24.2 Å². The molecule has 1 aromatic heterocycles. The summed E-state index contributed by atoms with van der Waals surface area (Å²) in [6.07, 6.45) is 24.7. The molecule has 2 rings (SSSR count). The quantitative estimate of drug-likeness (QED) is 0.0171. The molecular weight excluding hydrogens is 755 g/mol. The van der Waals surface area contributed by atoms with Gasteiger partial charge in [0, 0.05) is 25.0 Å². The van der Waals surface area contributed by atoms with Gasteiger partial charge in [0.2, 0.25) is 11.0 Å². The molecule has 0 saturated heterocycles. The van der Waals surface area contributed by atoms with Crippen molar-refractivity contribution in [1.82, 2.24) is 14.8 Å². The van der Waals surface area contributed by atoms with Crippen molar-refractivity contribution < 1.29 is 47.1 Å². The molecule has 1 N–H and O–H groups in total. The predicted molar refractivity (Wildman–Crippen MR) is 222 cm³/mol. The molecule has 16 heteroatoms. The van der Waals surface area contributed by atoms with Gasteiger partial charge in [0.15, 0.2) is 11.8 Å². The summed E-state index contributed by atoms with van der Waals surface area (Å²) >= 11 is 0. The number of ether oxygens (including phenoxy) is 2. The van der Waals surface area contributed by atoms with Crippen molar-refractivity contribution in [2.24, 2.45) is 0 Å². The van der Waals surface area contributed by atoms with Crippen LogP contribution in [-0.4, -0.2) is 78.6 Å². The summed E-state index contributed by atoms with van der Waals surface area (Å²) < 4.78 is 39.2. The van der Waals surface area contributed by atoms with Gasteiger partial charge in [-0.25, -0.2) is 9.19 Å².